The van der Waals surface area contributed by atoms with Gasteiger partial charge >= 0.3 is 0 Å². The third kappa shape index (κ3) is 2.70. The summed E-state index contributed by atoms with van der Waals surface area (Å²) in [7, 11) is 0. The Morgan fingerprint density at radius 1 is 1.12 bits per heavy atom. The van der Waals surface area contributed by atoms with Crippen LogP contribution in [-0.2, 0) is 0 Å². The lowest BCUT2D eigenvalue weighted by molar-refractivity contribution is 0.0925. The summed E-state index contributed by atoms with van der Waals surface area (Å²) in [6.07, 6.45) is 1.47. The van der Waals surface area contributed by atoms with E-state index in [1.165, 1.54) is 6.07 Å². The molecule has 1 unspecified atom stereocenters. The van der Waals surface area contributed by atoms with E-state index in [9.17, 15) is 14.0 Å². The number of hydrogen-bond acceptors (Lipinski definition) is 2. The highest BCUT2D eigenvalue weighted by Gasteiger charge is 2.38. The van der Waals surface area contributed by atoms with Crippen LogP contribution in [0.4, 0.5) is 10.1 Å². The average molecular weight is 366 g/mol. The van der Waals surface area contributed by atoms with E-state index in [2.05, 4.69) is 0 Å². The zero-order valence-corrected chi connectivity index (χ0v) is 14.4. The zero-order chi connectivity index (χ0) is 17.4. The summed E-state index contributed by atoms with van der Waals surface area (Å²) in [4.78, 5) is 25.9. The number of carbonyl (C=O) groups is 2. The standard InChI is InChI=1S/C18H14Cl2FNO2/c1-2-5-13(19)12-8-16(15(21)9-14(12)20)22-17(23)10-6-3-4-7-11(10)18(22)24/h3-4,6-9,13H,2,5H2,1H3. The minimum Gasteiger partial charge on any atom is -0.268 e. The first-order valence-electron chi connectivity index (χ1n) is 7.56. The van der Waals surface area contributed by atoms with E-state index in [-0.39, 0.29) is 21.8 Å². The molecule has 0 bridgehead atoms. The fourth-order valence-electron chi connectivity index (χ4n) is 2.78. The molecule has 0 N–H and O–H groups in total. The van der Waals surface area contributed by atoms with E-state index in [1.807, 2.05) is 6.92 Å². The second-order valence-electron chi connectivity index (χ2n) is 5.57. The molecule has 24 heavy (non-hydrogen) atoms. The van der Waals surface area contributed by atoms with Gasteiger partial charge in [-0.15, -0.1) is 11.6 Å². The van der Waals surface area contributed by atoms with Gasteiger partial charge in [-0.25, -0.2) is 9.29 Å². The minimum absolute atomic E-state index is 0.123. The highest BCUT2D eigenvalue weighted by atomic mass is 35.5. The first-order valence-corrected chi connectivity index (χ1v) is 8.38. The monoisotopic (exact) mass is 365 g/mol. The van der Waals surface area contributed by atoms with Crippen LogP contribution in [0.25, 0.3) is 0 Å². The quantitative estimate of drug-likeness (QED) is 0.540. The first-order chi connectivity index (χ1) is 11.5. The Balaban J connectivity index is 2.09. The molecule has 0 spiro atoms. The fraction of sp³-hybridized carbons (Fsp3) is 0.222. The molecule has 1 aliphatic heterocycles. The third-order valence-corrected chi connectivity index (χ3v) is 4.76. The molecule has 0 aromatic heterocycles. The van der Waals surface area contributed by atoms with Gasteiger partial charge in [0.05, 0.1) is 22.2 Å². The molecular weight excluding hydrogens is 352 g/mol. The fourth-order valence-corrected chi connectivity index (χ4v) is 3.52. The van der Waals surface area contributed by atoms with Gasteiger partial charge in [0.15, 0.2) is 0 Å². The number of carbonyl (C=O) groups excluding carboxylic acids is 2. The molecule has 124 valence electrons. The van der Waals surface area contributed by atoms with Gasteiger partial charge in [-0.2, -0.15) is 0 Å². The van der Waals surface area contributed by atoms with Crippen LogP contribution >= 0.6 is 23.2 Å². The van der Waals surface area contributed by atoms with Crippen LogP contribution < -0.4 is 4.90 Å². The summed E-state index contributed by atoms with van der Waals surface area (Å²) in [6.45, 7) is 1.97. The van der Waals surface area contributed by atoms with Crippen LogP contribution in [0.15, 0.2) is 36.4 Å². The van der Waals surface area contributed by atoms with E-state index in [4.69, 9.17) is 23.2 Å². The number of anilines is 1. The molecule has 0 fully saturated rings. The van der Waals surface area contributed by atoms with E-state index < -0.39 is 23.0 Å². The second-order valence-corrected chi connectivity index (χ2v) is 6.51. The molecule has 6 heteroatoms. The summed E-state index contributed by atoms with van der Waals surface area (Å²) in [6, 6.07) is 8.91. The minimum atomic E-state index is -0.737. The van der Waals surface area contributed by atoms with Crippen LogP contribution in [0.5, 0.6) is 0 Å². The number of alkyl halides is 1. The van der Waals surface area contributed by atoms with Gasteiger partial charge < -0.3 is 0 Å². The average Bonchev–Trinajstić information content (AvgIpc) is 2.80. The van der Waals surface area contributed by atoms with Gasteiger partial charge in [0.1, 0.15) is 5.82 Å². The molecule has 0 saturated heterocycles. The zero-order valence-electron chi connectivity index (χ0n) is 12.9. The number of nitrogens with zero attached hydrogens (tertiary/aromatic N) is 1. The first kappa shape index (κ1) is 16.9. The molecule has 0 saturated carbocycles. The van der Waals surface area contributed by atoms with Crippen LogP contribution in [0, 0.1) is 5.82 Å². The molecule has 1 heterocycles. The predicted octanol–water partition coefficient (Wildman–Crippen LogP) is 5.36. The predicted molar refractivity (Wildman–Crippen MR) is 92.5 cm³/mol. The van der Waals surface area contributed by atoms with Crippen molar-refractivity contribution < 1.29 is 14.0 Å². The SMILES string of the molecule is CCCC(Cl)c1cc(N2C(=O)c3ccccc3C2=O)c(F)cc1Cl. The summed E-state index contributed by atoms with van der Waals surface area (Å²) < 4.78 is 14.4. The lowest BCUT2D eigenvalue weighted by Gasteiger charge is -2.18. The van der Waals surface area contributed by atoms with Gasteiger partial charge in [0.25, 0.3) is 11.8 Å². The van der Waals surface area contributed by atoms with E-state index in [1.54, 1.807) is 24.3 Å². The summed E-state index contributed by atoms with van der Waals surface area (Å²) in [5.74, 6) is -1.84. The van der Waals surface area contributed by atoms with Crippen molar-refractivity contribution in [2.45, 2.75) is 25.1 Å². The lowest BCUT2D eigenvalue weighted by Crippen LogP contribution is -2.30. The molecule has 0 aliphatic carbocycles. The number of rotatable bonds is 4. The van der Waals surface area contributed by atoms with E-state index in [0.717, 1.165) is 17.4 Å². The molecule has 1 atom stereocenters. The Morgan fingerprint density at radius 3 is 2.25 bits per heavy atom. The van der Waals surface area contributed by atoms with Gasteiger partial charge in [0, 0.05) is 5.02 Å². The van der Waals surface area contributed by atoms with Crippen LogP contribution in [-0.4, -0.2) is 11.8 Å². The van der Waals surface area contributed by atoms with Crippen molar-refractivity contribution in [3.63, 3.8) is 0 Å². The van der Waals surface area contributed by atoms with E-state index >= 15 is 0 Å². The van der Waals surface area contributed by atoms with Gasteiger partial charge in [-0.3, -0.25) is 9.59 Å². The van der Waals surface area contributed by atoms with Crippen molar-refractivity contribution in [2.75, 3.05) is 4.90 Å². The number of benzene rings is 2. The van der Waals surface area contributed by atoms with Crippen molar-refractivity contribution in [1.29, 1.82) is 0 Å². The Labute approximate surface area is 149 Å². The number of amides is 2. The number of hydrogen-bond donors (Lipinski definition) is 0. The second kappa shape index (κ2) is 6.54. The molecule has 3 rings (SSSR count). The molecule has 0 radical (unpaired) electrons. The molecule has 2 aromatic rings. The van der Waals surface area contributed by atoms with Gasteiger partial charge in [-0.05, 0) is 36.2 Å². The van der Waals surface area contributed by atoms with Crippen LogP contribution in [0.1, 0.15) is 51.4 Å². The van der Waals surface area contributed by atoms with Crippen molar-refractivity contribution in [1.82, 2.24) is 0 Å². The van der Waals surface area contributed by atoms with Crippen molar-refractivity contribution in [3.8, 4) is 0 Å². The maximum atomic E-state index is 14.4. The van der Waals surface area contributed by atoms with Crippen LogP contribution in [0.3, 0.4) is 0 Å². The molecule has 3 nitrogen and oxygen atoms in total. The molecule has 2 amide bonds. The summed E-state index contributed by atoms with van der Waals surface area (Å²) >= 11 is 12.4. The Kier molecular flexibility index (Phi) is 4.61. The smallest absolute Gasteiger partial charge is 0.266 e. The number of fused-ring (bicyclic) bond motifs is 1. The van der Waals surface area contributed by atoms with E-state index in [0.29, 0.717) is 12.0 Å². The Morgan fingerprint density at radius 2 is 1.71 bits per heavy atom. The Hall–Kier alpha value is -1.91. The number of halogens is 3. The molecular formula is C18H14Cl2FNO2. The highest BCUT2D eigenvalue weighted by molar-refractivity contribution is 6.35. The topological polar surface area (TPSA) is 37.4 Å². The Bertz CT molecular complexity index is 803. The molecule has 1 aliphatic rings. The normalized spacial score (nSPS) is 14.9. The maximum Gasteiger partial charge on any atom is 0.266 e. The number of imide groups is 1. The summed E-state index contributed by atoms with van der Waals surface area (Å²) in [5.41, 5.74) is 0.902. The van der Waals surface area contributed by atoms with Crippen molar-refractivity contribution >= 4 is 40.7 Å². The maximum absolute atomic E-state index is 14.4. The lowest BCUT2D eigenvalue weighted by atomic mass is 10.1. The van der Waals surface area contributed by atoms with Gasteiger partial charge in [0.2, 0.25) is 0 Å². The summed E-state index contributed by atoms with van der Waals surface area (Å²) in [5, 5.41) is -0.238. The molecule has 2 aromatic carbocycles. The largest absolute Gasteiger partial charge is 0.268 e. The van der Waals surface area contributed by atoms with Crippen molar-refractivity contribution in [3.05, 3.63) is 63.9 Å². The van der Waals surface area contributed by atoms with Gasteiger partial charge in [-0.1, -0.05) is 37.1 Å². The highest BCUT2D eigenvalue weighted by Crippen LogP contribution is 2.38. The van der Waals surface area contributed by atoms with Crippen molar-refractivity contribution in [2.24, 2.45) is 0 Å². The third-order valence-electron chi connectivity index (χ3n) is 3.98. The van der Waals surface area contributed by atoms with Crippen LogP contribution in [0.2, 0.25) is 5.02 Å².